The average molecular weight is 373 g/mol. The molecule has 1 fully saturated rings. The second kappa shape index (κ2) is 8.20. The van der Waals surface area contributed by atoms with Crippen molar-refractivity contribution in [2.45, 2.75) is 19.8 Å². The van der Waals surface area contributed by atoms with Gasteiger partial charge in [0.15, 0.2) is 17.9 Å². The van der Waals surface area contributed by atoms with Gasteiger partial charge in [-0.1, -0.05) is 30.4 Å². The molecular formula is C20H20FNO5. The van der Waals surface area contributed by atoms with E-state index in [9.17, 15) is 4.79 Å². The van der Waals surface area contributed by atoms with Crippen LogP contribution in [-0.4, -0.2) is 24.4 Å². The lowest BCUT2D eigenvalue weighted by atomic mass is 10.0. The van der Waals surface area contributed by atoms with Crippen LogP contribution in [-0.2, 0) is 16.1 Å². The first kappa shape index (κ1) is 18.9. The molecule has 3 rings (SSSR count). The van der Waals surface area contributed by atoms with E-state index in [4.69, 9.17) is 19.3 Å². The van der Waals surface area contributed by atoms with Crippen molar-refractivity contribution < 1.29 is 28.5 Å². The van der Waals surface area contributed by atoms with Crippen molar-refractivity contribution >= 4 is 17.4 Å². The van der Waals surface area contributed by atoms with E-state index in [0.717, 1.165) is 0 Å². The van der Waals surface area contributed by atoms with Gasteiger partial charge in [-0.25, -0.2) is 9.18 Å². The largest absolute Gasteiger partial charge is 0.486 e. The van der Waals surface area contributed by atoms with Gasteiger partial charge in [-0.2, -0.15) is 0 Å². The zero-order chi connectivity index (χ0) is 19.4. The Labute approximate surface area is 156 Å². The van der Waals surface area contributed by atoms with E-state index in [1.165, 1.54) is 6.07 Å². The minimum Gasteiger partial charge on any atom is -0.486 e. The van der Waals surface area contributed by atoms with Crippen LogP contribution in [0.15, 0.2) is 43.0 Å². The number of amides is 1. The molecule has 0 bridgehead atoms. The second-order valence-electron chi connectivity index (χ2n) is 6.11. The number of allylic oxidation sites excluding steroid dienone is 1. The number of anilines is 1. The molecule has 6 nitrogen and oxygen atoms in total. The molecule has 0 radical (unpaired) electrons. The van der Waals surface area contributed by atoms with Crippen LogP contribution in [0, 0.1) is 5.82 Å². The molecule has 1 saturated heterocycles. The van der Waals surface area contributed by atoms with Gasteiger partial charge in [0.05, 0.1) is 18.8 Å². The zero-order valence-corrected chi connectivity index (χ0v) is 14.8. The van der Waals surface area contributed by atoms with Crippen molar-refractivity contribution in [3.8, 4) is 5.75 Å². The van der Waals surface area contributed by atoms with Crippen LogP contribution in [0.5, 0.6) is 5.75 Å². The maximum atomic E-state index is 15.1. The topological polar surface area (TPSA) is 77.0 Å². The molecular weight excluding hydrogens is 353 g/mol. The summed E-state index contributed by atoms with van der Waals surface area (Å²) in [5, 5.41) is 11.0. The number of ether oxygens (including phenoxy) is 3. The maximum Gasteiger partial charge on any atom is 0.409 e. The summed E-state index contributed by atoms with van der Waals surface area (Å²) in [6, 6.07) is 9.96. The fourth-order valence-corrected chi connectivity index (χ4v) is 2.84. The molecule has 2 aromatic carbocycles. The normalized spacial score (nSPS) is 14.1. The van der Waals surface area contributed by atoms with E-state index < -0.39 is 18.2 Å². The van der Waals surface area contributed by atoms with Gasteiger partial charge in [-0.05, 0) is 36.2 Å². The number of benzene rings is 2. The summed E-state index contributed by atoms with van der Waals surface area (Å²) in [6.45, 7) is 6.54. The molecule has 0 unspecified atom stereocenters. The molecule has 2 aromatic rings. The number of rotatable bonds is 6. The highest BCUT2D eigenvalue weighted by molar-refractivity contribution is 5.82. The number of nitrogens with one attached hydrogen (secondary N) is 1. The molecule has 142 valence electrons. The number of halogens is 1. The van der Waals surface area contributed by atoms with Crippen molar-refractivity contribution in [2.75, 3.05) is 18.5 Å². The van der Waals surface area contributed by atoms with Crippen molar-refractivity contribution in [1.29, 1.82) is 0 Å². The zero-order valence-electron chi connectivity index (χ0n) is 14.8. The predicted octanol–water partition coefficient (Wildman–Crippen LogP) is 4.57. The van der Waals surface area contributed by atoms with Gasteiger partial charge in [0.2, 0.25) is 0 Å². The van der Waals surface area contributed by atoms with Crippen molar-refractivity contribution in [1.82, 2.24) is 0 Å². The Morgan fingerprint density at radius 3 is 2.74 bits per heavy atom. The predicted molar refractivity (Wildman–Crippen MR) is 98.2 cm³/mol. The lowest BCUT2D eigenvalue weighted by molar-refractivity contribution is -0.0469. The summed E-state index contributed by atoms with van der Waals surface area (Å²) >= 11 is 0. The molecule has 1 heterocycles. The second-order valence-corrected chi connectivity index (χ2v) is 6.11. The SMILES string of the molecule is C=C(C)c1ccc(OCc2cccc(NC(=O)O)c2)c(F)c1C1OCCO1. The quantitative estimate of drug-likeness (QED) is 0.775. The number of carboxylic acid groups (broad SMARTS) is 1. The minimum absolute atomic E-state index is 0.0608. The highest BCUT2D eigenvalue weighted by Gasteiger charge is 2.27. The highest BCUT2D eigenvalue weighted by atomic mass is 19.1. The summed E-state index contributed by atoms with van der Waals surface area (Å²) in [5.74, 6) is -0.493. The Bertz CT molecular complexity index is 861. The van der Waals surface area contributed by atoms with Crippen molar-refractivity contribution in [2.24, 2.45) is 0 Å². The molecule has 0 spiro atoms. The van der Waals surface area contributed by atoms with Gasteiger partial charge in [0.1, 0.15) is 6.61 Å². The fourth-order valence-electron chi connectivity index (χ4n) is 2.84. The van der Waals surface area contributed by atoms with E-state index in [-0.39, 0.29) is 17.9 Å². The van der Waals surface area contributed by atoms with Gasteiger partial charge >= 0.3 is 6.09 Å². The Kier molecular flexibility index (Phi) is 5.73. The number of hydrogen-bond donors (Lipinski definition) is 2. The molecule has 0 saturated carbocycles. The molecule has 7 heteroatoms. The summed E-state index contributed by atoms with van der Waals surface area (Å²) in [4.78, 5) is 10.7. The molecule has 1 amide bonds. The minimum atomic E-state index is -1.16. The molecule has 2 N–H and O–H groups in total. The smallest absolute Gasteiger partial charge is 0.409 e. The van der Waals surface area contributed by atoms with E-state index in [0.29, 0.717) is 35.6 Å². The molecule has 0 aromatic heterocycles. The maximum absolute atomic E-state index is 15.1. The van der Waals surface area contributed by atoms with Gasteiger partial charge in [-0.15, -0.1) is 0 Å². The monoisotopic (exact) mass is 373 g/mol. The van der Waals surface area contributed by atoms with Crippen LogP contribution in [0.3, 0.4) is 0 Å². The Morgan fingerprint density at radius 2 is 2.07 bits per heavy atom. The third-order valence-electron chi connectivity index (χ3n) is 4.03. The summed E-state index contributed by atoms with van der Waals surface area (Å²) in [5.41, 5.74) is 2.70. The Hall–Kier alpha value is -2.90. The number of hydrogen-bond acceptors (Lipinski definition) is 4. The molecule has 1 aliphatic rings. The van der Waals surface area contributed by atoms with Crippen LogP contribution in [0.25, 0.3) is 5.57 Å². The van der Waals surface area contributed by atoms with Gasteiger partial charge in [0.25, 0.3) is 0 Å². The van der Waals surface area contributed by atoms with E-state index >= 15 is 4.39 Å². The van der Waals surface area contributed by atoms with E-state index in [1.54, 1.807) is 37.3 Å². The number of carbonyl (C=O) groups is 1. The van der Waals surface area contributed by atoms with Crippen LogP contribution in [0.2, 0.25) is 0 Å². The third kappa shape index (κ3) is 4.45. The third-order valence-corrected chi connectivity index (χ3v) is 4.03. The van der Waals surface area contributed by atoms with Crippen LogP contribution in [0.1, 0.15) is 29.9 Å². The molecule has 1 aliphatic heterocycles. The summed E-state index contributed by atoms with van der Waals surface area (Å²) in [7, 11) is 0. The first-order chi connectivity index (χ1) is 13.0. The Morgan fingerprint density at radius 1 is 1.33 bits per heavy atom. The molecule has 0 atom stereocenters. The van der Waals surface area contributed by atoms with Crippen LogP contribution in [0.4, 0.5) is 14.9 Å². The molecule has 0 aliphatic carbocycles. The van der Waals surface area contributed by atoms with Crippen LogP contribution >= 0.6 is 0 Å². The molecule has 27 heavy (non-hydrogen) atoms. The lowest BCUT2D eigenvalue weighted by Gasteiger charge is -2.18. The van der Waals surface area contributed by atoms with Gasteiger partial charge in [-0.3, -0.25) is 5.32 Å². The van der Waals surface area contributed by atoms with Crippen molar-refractivity contribution in [3.63, 3.8) is 0 Å². The van der Waals surface area contributed by atoms with Crippen molar-refractivity contribution in [3.05, 3.63) is 65.5 Å². The highest BCUT2D eigenvalue weighted by Crippen LogP contribution is 2.36. The first-order valence-corrected chi connectivity index (χ1v) is 8.39. The van der Waals surface area contributed by atoms with E-state index in [1.807, 2.05) is 0 Å². The summed E-state index contributed by atoms with van der Waals surface area (Å²) in [6.07, 6.45) is -1.95. The standard InChI is InChI=1S/C20H20FNO5/c1-12(2)15-6-7-16(18(21)17(15)19-25-8-9-26-19)27-11-13-4-3-5-14(10-13)22-20(23)24/h3-7,10,19,22H,1,8-9,11H2,2H3,(H,23,24). The lowest BCUT2D eigenvalue weighted by Crippen LogP contribution is -2.09. The van der Waals surface area contributed by atoms with Crippen LogP contribution < -0.4 is 10.1 Å². The van der Waals surface area contributed by atoms with E-state index in [2.05, 4.69) is 11.9 Å². The van der Waals surface area contributed by atoms with Gasteiger partial charge < -0.3 is 19.3 Å². The summed E-state index contributed by atoms with van der Waals surface area (Å²) < 4.78 is 31.6. The van der Waals surface area contributed by atoms with Gasteiger partial charge in [0, 0.05) is 5.69 Å². The Balaban J connectivity index is 1.82. The average Bonchev–Trinajstić information content (AvgIpc) is 3.14. The first-order valence-electron chi connectivity index (χ1n) is 8.39. The fraction of sp³-hybridized carbons (Fsp3) is 0.250.